The Labute approximate surface area is 88.7 Å². The van der Waals surface area contributed by atoms with E-state index in [-0.39, 0.29) is 0 Å². The van der Waals surface area contributed by atoms with E-state index in [0.29, 0.717) is 0 Å². The first-order chi connectivity index (χ1) is 6.82. The maximum Gasteiger partial charge on any atom is 0.394 e. The third-order valence-corrected chi connectivity index (χ3v) is 1.58. The summed E-state index contributed by atoms with van der Waals surface area (Å²) >= 11 is 0. The van der Waals surface area contributed by atoms with Gasteiger partial charge in [-0.15, -0.1) is 0 Å². The van der Waals surface area contributed by atoms with Gasteiger partial charge in [-0.25, -0.2) is 4.79 Å². The van der Waals surface area contributed by atoms with E-state index in [1.54, 1.807) is 0 Å². The molecule has 0 unspecified atom stereocenters. The zero-order chi connectivity index (χ0) is 12.0. The maximum absolute atomic E-state index is 9.32. The largest absolute Gasteiger partial charge is 0.474 e. The van der Waals surface area contributed by atoms with E-state index in [4.69, 9.17) is 5.11 Å². The average Bonchev–Trinajstić information content (AvgIpc) is 2.01. The zero-order valence-corrected chi connectivity index (χ0v) is 9.07. The number of hydrogen-bond acceptors (Lipinski definition) is 2. The van der Waals surface area contributed by atoms with Crippen molar-refractivity contribution in [2.45, 2.75) is 20.8 Å². The first-order valence-electron chi connectivity index (χ1n) is 4.40. The van der Waals surface area contributed by atoms with Gasteiger partial charge >= 0.3 is 11.9 Å². The highest BCUT2D eigenvalue weighted by atomic mass is 16.4. The van der Waals surface area contributed by atoms with E-state index in [1.807, 2.05) is 0 Å². The van der Waals surface area contributed by atoms with Crippen LogP contribution in [-0.2, 0) is 9.59 Å². The van der Waals surface area contributed by atoms with Crippen LogP contribution in [0.5, 0.6) is 0 Å². The minimum atomic E-state index is -1.60. The summed E-state index contributed by atoms with van der Waals surface area (Å²) in [5.41, 5.74) is 8.26. The lowest BCUT2D eigenvalue weighted by atomic mass is 10.1. The molecule has 0 bridgehead atoms. The van der Waals surface area contributed by atoms with Crippen LogP contribution >= 0.6 is 0 Å². The number of benzene rings is 1. The quantitative estimate of drug-likeness (QED) is 0.629. The predicted molar refractivity (Wildman–Crippen MR) is 57.5 cm³/mol. The van der Waals surface area contributed by atoms with Crippen LogP contribution in [-0.4, -0.2) is 17.0 Å². The van der Waals surface area contributed by atoms with Crippen molar-refractivity contribution in [1.29, 1.82) is 0 Å². The van der Waals surface area contributed by atoms with Crippen LogP contribution in [0.3, 0.4) is 0 Å². The van der Waals surface area contributed by atoms with Crippen molar-refractivity contribution in [3.8, 4) is 0 Å². The Morgan fingerprint density at radius 2 is 1.20 bits per heavy atom. The topological polar surface area (TPSA) is 80.4 Å². The Kier molecular flexibility index (Phi) is 5.09. The molecule has 1 rings (SSSR count). The molecule has 0 radical (unpaired) electrons. The van der Waals surface area contributed by atoms with Crippen LogP contribution in [0.4, 0.5) is 0 Å². The van der Waals surface area contributed by atoms with Gasteiger partial charge in [0.1, 0.15) is 0 Å². The summed E-state index contributed by atoms with van der Waals surface area (Å²) < 4.78 is 0. The Morgan fingerprint density at radius 3 is 1.33 bits per heavy atom. The number of hydrogen-bond donors (Lipinski definition) is 2. The summed E-state index contributed by atoms with van der Waals surface area (Å²) in [7, 11) is 0. The van der Waals surface area contributed by atoms with E-state index >= 15 is 0 Å². The molecular weight excluding hydrogens is 194 g/mol. The SMILES string of the molecule is Cc1cc(C)cc(C)c1.NC(=O)C(=O)O. The van der Waals surface area contributed by atoms with Gasteiger partial charge in [-0.05, 0) is 20.8 Å². The van der Waals surface area contributed by atoms with Crippen LogP contribution in [0.15, 0.2) is 18.2 Å². The summed E-state index contributed by atoms with van der Waals surface area (Å²) in [6, 6.07) is 6.56. The van der Waals surface area contributed by atoms with Gasteiger partial charge in [0.15, 0.2) is 0 Å². The molecule has 15 heavy (non-hydrogen) atoms. The van der Waals surface area contributed by atoms with E-state index in [9.17, 15) is 9.59 Å². The lowest BCUT2D eigenvalue weighted by Gasteiger charge is -1.96. The first kappa shape index (κ1) is 13.2. The highest BCUT2D eigenvalue weighted by Gasteiger charge is 2.00. The molecule has 1 amide bonds. The second-order valence-corrected chi connectivity index (χ2v) is 3.33. The second-order valence-electron chi connectivity index (χ2n) is 3.33. The van der Waals surface area contributed by atoms with Gasteiger partial charge in [0.2, 0.25) is 0 Å². The standard InChI is InChI=1S/C9H12.C2H3NO3/c1-7-4-8(2)6-9(3)5-7;3-1(4)2(5)6/h4-6H,1-3H3;(H2,3,4)(H,5,6). The van der Waals surface area contributed by atoms with E-state index in [0.717, 1.165) is 0 Å². The second kappa shape index (κ2) is 5.80. The molecule has 0 aromatic heterocycles. The van der Waals surface area contributed by atoms with Crippen molar-refractivity contribution in [2.24, 2.45) is 5.73 Å². The van der Waals surface area contributed by atoms with Gasteiger partial charge in [-0.2, -0.15) is 0 Å². The number of rotatable bonds is 0. The molecule has 0 fully saturated rings. The molecule has 0 heterocycles. The molecule has 0 spiro atoms. The van der Waals surface area contributed by atoms with E-state index in [2.05, 4.69) is 44.7 Å². The number of carbonyl (C=O) groups excluding carboxylic acids is 1. The Bertz CT molecular complexity index is 310. The number of nitrogens with two attached hydrogens (primary N) is 1. The molecule has 0 saturated carbocycles. The summed E-state index contributed by atoms with van der Waals surface area (Å²) in [6.07, 6.45) is 0. The predicted octanol–water partition coefficient (Wildman–Crippen LogP) is 1.17. The monoisotopic (exact) mass is 209 g/mol. The van der Waals surface area contributed by atoms with Crippen LogP contribution in [0, 0.1) is 20.8 Å². The van der Waals surface area contributed by atoms with Crippen molar-refractivity contribution in [1.82, 2.24) is 0 Å². The van der Waals surface area contributed by atoms with E-state index < -0.39 is 11.9 Å². The highest BCUT2D eigenvalue weighted by molar-refractivity contribution is 6.30. The fraction of sp³-hybridized carbons (Fsp3) is 0.273. The Balaban J connectivity index is 0.000000288. The average molecular weight is 209 g/mol. The molecule has 4 heteroatoms. The molecular formula is C11H15NO3. The van der Waals surface area contributed by atoms with Gasteiger partial charge in [0.05, 0.1) is 0 Å². The van der Waals surface area contributed by atoms with Crippen LogP contribution in [0.1, 0.15) is 16.7 Å². The molecule has 0 aliphatic carbocycles. The Hall–Kier alpha value is -1.84. The summed E-state index contributed by atoms with van der Waals surface area (Å²) in [4.78, 5) is 18.5. The fourth-order valence-electron chi connectivity index (χ4n) is 1.20. The number of amides is 1. The molecule has 0 atom stereocenters. The molecule has 0 aliphatic rings. The van der Waals surface area contributed by atoms with Crippen LogP contribution in [0.25, 0.3) is 0 Å². The van der Waals surface area contributed by atoms with Crippen LogP contribution < -0.4 is 5.73 Å². The molecule has 0 saturated heterocycles. The number of primary amides is 1. The number of aliphatic carboxylic acids is 1. The minimum Gasteiger partial charge on any atom is -0.474 e. The number of carboxylic acid groups (broad SMARTS) is 1. The molecule has 3 N–H and O–H groups in total. The lowest BCUT2D eigenvalue weighted by molar-refractivity contribution is -0.148. The molecule has 82 valence electrons. The van der Waals surface area contributed by atoms with Crippen LogP contribution in [0.2, 0.25) is 0 Å². The fourth-order valence-corrected chi connectivity index (χ4v) is 1.20. The molecule has 0 aliphatic heterocycles. The number of aryl methyl sites for hydroxylation is 3. The van der Waals surface area contributed by atoms with Gasteiger partial charge in [0.25, 0.3) is 0 Å². The normalized spacial score (nSPS) is 8.73. The lowest BCUT2D eigenvalue weighted by Crippen LogP contribution is -2.21. The van der Waals surface area contributed by atoms with Gasteiger partial charge in [-0.1, -0.05) is 34.9 Å². The van der Waals surface area contributed by atoms with Gasteiger partial charge in [-0.3, -0.25) is 4.79 Å². The smallest absolute Gasteiger partial charge is 0.394 e. The van der Waals surface area contributed by atoms with Gasteiger partial charge in [0, 0.05) is 0 Å². The summed E-state index contributed by atoms with van der Waals surface area (Å²) in [6.45, 7) is 6.38. The minimum absolute atomic E-state index is 1.32. The van der Waals surface area contributed by atoms with Gasteiger partial charge < -0.3 is 10.8 Å². The maximum atomic E-state index is 9.32. The van der Waals surface area contributed by atoms with Crippen molar-refractivity contribution >= 4 is 11.9 Å². The van der Waals surface area contributed by atoms with Crippen molar-refractivity contribution < 1.29 is 14.7 Å². The van der Waals surface area contributed by atoms with Crippen molar-refractivity contribution in [2.75, 3.05) is 0 Å². The van der Waals surface area contributed by atoms with E-state index in [1.165, 1.54) is 16.7 Å². The summed E-state index contributed by atoms with van der Waals surface area (Å²) in [5.74, 6) is -2.93. The summed E-state index contributed by atoms with van der Waals surface area (Å²) in [5, 5.41) is 7.52. The number of carbonyl (C=O) groups is 2. The third kappa shape index (κ3) is 6.26. The molecule has 1 aromatic rings. The zero-order valence-electron chi connectivity index (χ0n) is 9.07. The van der Waals surface area contributed by atoms with Crippen molar-refractivity contribution in [3.05, 3.63) is 34.9 Å². The Morgan fingerprint density at radius 1 is 1.00 bits per heavy atom. The molecule has 4 nitrogen and oxygen atoms in total. The third-order valence-electron chi connectivity index (χ3n) is 1.58. The molecule has 1 aromatic carbocycles. The number of carboxylic acids is 1. The highest BCUT2D eigenvalue weighted by Crippen LogP contribution is 2.06. The first-order valence-corrected chi connectivity index (χ1v) is 4.40. The van der Waals surface area contributed by atoms with Crippen molar-refractivity contribution in [3.63, 3.8) is 0 Å².